The van der Waals surface area contributed by atoms with Gasteiger partial charge >= 0.3 is 0 Å². The minimum Gasteiger partial charge on any atom is -0.309 e. The normalized spacial score (nSPS) is 11.6. The first-order valence-corrected chi connectivity index (χ1v) is 17.9. The second-order valence-electron chi connectivity index (χ2n) is 12.9. The largest absolute Gasteiger partial charge is 0.309 e. The zero-order valence-electron chi connectivity index (χ0n) is 27.3. The second kappa shape index (κ2) is 11.7. The molecule has 1 nitrogen and oxygen atoms in total. The number of rotatable bonds is 5. The standard InChI is InChI=1S/C48H31NS/c1-2-13-32(14-3-1)38-18-10-11-22-44(38)49(45-23-12-24-46-47(45)42-30-27-33-15-4-7-19-39(33)48(42)50-46)36-28-25-34(26-29-36)43-31-35-16-5-6-17-37(35)40-20-8-9-21-41(40)43/h1-31H. The molecule has 0 fully saturated rings. The van der Waals surface area contributed by atoms with Crippen LogP contribution in [0.4, 0.5) is 17.1 Å². The maximum Gasteiger partial charge on any atom is 0.0555 e. The Morgan fingerprint density at radius 2 is 1.00 bits per heavy atom. The molecule has 0 spiro atoms. The minimum absolute atomic E-state index is 1.12. The van der Waals surface area contributed by atoms with Gasteiger partial charge in [0.15, 0.2) is 0 Å². The topological polar surface area (TPSA) is 3.24 Å². The highest BCUT2D eigenvalue weighted by Gasteiger charge is 2.22. The van der Waals surface area contributed by atoms with Crippen molar-refractivity contribution in [2.75, 3.05) is 4.90 Å². The van der Waals surface area contributed by atoms with Gasteiger partial charge in [-0.05, 0) is 85.4 Å². The minimum atomic E-state index is 1.12. The molecule has 10 rings (SSSR count). The summed E-state index contributed by atoms with van der Waals surface area (Å²) in [6.07, 6.45) is 0. The van der Waals surface area contributed by atoms with Gasteiger partial charge in [-0.2, -0.15) is 0 Å². The molecule has 0 atom stereocenters. The number of nitrogens with zero attached hydrogens (tertiary/aromatic N) is 1. The number of hydrogen-bond donors (Lipinski definition) is 0. The Morgan fingerprint density at radius 1 is 0.360 bits per heavy atom. The van der Waals surface area contributed by atoms with Gasteiger partial charge < -0.3 is 4.90 Å². The number of fused-ring (bicyclic) bond motifs is 8. The smallest absolute Gasteiger partial charge is 0.0555 e. The average molecular weight is 654 g/mol. The van der Waals surface area contributed by atoms with Crippen molar-refractivity contribution in [3.05, 3.63) is 188 Å². The van der Waals surface area contributed by atoms with Crippen molar-refractivity contribution in [3.8, 4) is 22.3 Å². The van der Waals surface area contributed by atoms with Crippen molar-refractivity contribution in [2.24, 2.45) is 0 Å². The molecule has 0 saturated carbocycles. The average Bonchev–Trinajstić information content (AvgIpc) is 3.59. The Bertz CT molecular complexity index is 2870. The van der Waals surface area contributed by atoms with E-state index < -0.39 is 0 Å². The lowest BCUT2D eigenvalue weighted by Crippen LogP contribution is -2.11. The van der Waals surface area contributed by atoms with Crippen molar-refractivity contribution < 1.29 is 0 Å². The number of para-hydroxylation sites is 1. The Balaban J connectivity index is 1.21. The molecule has 0 radical (unpaired) electrons. The van der Waals surface area contributed by atoms with Gasteiger partial charge in [0.05, 0.1) is 11.4 Å². The van der Waals surface area contributed by atoms with Gasteiger partial charge in [0, 0.05) is 31.4 Å². The van der Waals surface area contributed by atoms with Gasteiger partial charge in [0.25, 0.3) is 0 Å². The molecule has 2 heteroatoms. The molecule has 0 saturated heterocycles. The van der Waals surface area contributed by atoms with Gasteiger partial charge in [-0.1, -0.05) is 152 Å². The molecule has 1 aromatic heterocycles. The Hall–Kier alpha value is -6.22. The van der Waals surface area contributed by atoms with E-state index in [-0.39, 0.29) is 0 Å². The SMILES string of the molecule is c1ccc(-c2ccccc2N(c2ccc(-c3cc4ccccc4c4ccccc34)cc2)c2cccc3sc4c5ccccc5ccc4c23)cc1. The summed E-state index contributed by atoms with van der Waals surface area (Å²) in [6.45, 7) is 0. The van der Waals surface area contributed by atoms with Crippen molar-refractivity contribution in [1.82, 2.24) is 0 Å². The number of benzene rings is 9. The summed E-state index contributed by atoms with van der Waals surface area (Å²) in [5.74, 6) is 0. The molecule has 1 heterocycles. The lowest BCUT2D eigenvalue weighted by Gasteiger charge is -2.29. The molecule has 0 bridgehead atoms. The van der Waals surface area contributed by atoms with Gasteiger partial charge in [-0.15, -0.1) is 11.3 Å². The summed E-state index contributed by atoms with van der Waals surface area (Å²) in [4.78, 5) is 2.47. The van der Waals surface area contributed by atoms with Crippen LogP contribution in [0.3, 0.4) is 0 Å². The number of anilines is 3. The van der Waals surface area contributed by atoms with Crippen molar-refractivity contribution in [3.63, 3.8) is 0 Å². The number of hydrogen-bond acceptors (Lipinski definition) is 2. The van der Waals surface area contributed by atoms with E-state index >= 15 is 0 Å². The van der Waals surface area contributed by atoms with Gasteiger partial charge in [-0.3, -0.25) is 0 Å². The third kappa shape index (κ3) is 4.61. The molecule has 0 aliphatic rings. The van der Waals surface area contributed by atoms with Crippen LogP contribution in [0.25, 0.3) is 74.7 Å². The molecule has 0 aliphatic heterocycles. The molecule has 0 N–H and O–H groups in total. The van der Waals surface area contributed by atoms with E-state index in [1.807, 2.05) is 11.3 Å². The van der Waals surface area contributed by atoms with Gasteiger partial charge in [0.2, 0.25) is 0 Å². The van der Waals surface area contributed by atoms with Crippen molar-refractivity contribution in [1.29, 1.82) is 0 Å². The van der Waals surface area contributed by atoms with Crippen LogP contribution in [-0.4, -0.2) is 0 Å². The summed E-state index contributed by atoms with van der Waals surface area (Å²) < 4.78 is 2.62. The van der Waals surface area contributed by atoms with Crippen LogP contribution in [0.1, 0.15) is 0 Å². The van der Waals surface area contributed by atoms with Crippen LogP contribution in [-0.2, 0) is 0 Å². The van der Waals surface area contributed by atoms with Crippen molar-refractivity contribution >= 4 is 80.9 Å². The number of thiophene rings is 1. The fourth-order valence-electron chi connectivity index (χ4n) is 7.74. The second-order valence-corrected chi connectivity index (χ2v) is 13.9. The van der Waals surface area contributed by atoms with Crippen LogP contribution in [0.2, 0.25) is 0 Å². The molecule has 0 amide bonds. The Kier molecular flexibility index (Phi) is 6.75. The summed E-state index contributed by atoms with van der Waals surface area (Å²) in [6, 6.07) is 68.6. The highest BCUT2D eigenvalue weighted by molar-refractivity contribution is 7.26. The van der Waals surface area contributed by atoms with E-state index in [0.717, 1.165) is 11.4 Å². The van der Waals surface area contributed by atoms with E-state index in [1.54, 1.807) is 0 Å². The van der Waals surface area contributed by atoms with E-state index in [1.165, 1.54) is 80.4 Å². The van der Waals surface area contributed by atoms with E-state index in [0.29, 0.717) is 0 Å². The predicted octanol–water partition coefficient (Wildman–Crippen LogP) is 14.3. The lowest BCUT2D eigenvalue weighted by atomic mass is 9.93. The van der Waals surface area contributed by atoms with Gasteiger partial charge in [-0.25, -0.2) is 0 Å². The quantitative estimate of drug-likeness (QED) is 0.167. The molecular weight excluding hydrogens is 623 g/mol. The molecule has 10 aromatic rings. The fourth-order valence-corrected chi connectivity index (χ4v) is 9.00. The summed E-state index contributed by atoms with van der Waals surface area (Å²) >= 11 is 1.89. The molecule has 234 valence electrons. The summed E-state index contributed by atoms with van der Waals surface area (Å²) in [5, 5.41) is 10.3. The van der Waals surface area contributed by atoms with Crippen LogP contribution >= 0.6 is 11.3 Å². The van der Waals surface area contributed by atoms with E-state index in [4.69, 9.17) is 0 Å². The third-order valence-electron chi connectivity index (χ3n) is 10.0. The Labute approximate surface area is 294 Å². The lowest BCUT2D eigenvalue weighted by molar-refractivity contribution is 1.30. The van der Waals surface area contributed by atoms with Crippen LogP contribution < -0.4 is 4.90 Å². The molecule has 9 aromatic carbocycles. The van der Waals surface area contributed by atoms with Crippen LogP contribution in [0.5, 0.6) is 0 Å². The maximum absolute atomic E-state index is 2.47. The summed E-state index contributed by atoms with van der Waals surface area (Å²) in [7, 11) is 0. The van der Waals surface area contributed by atoms with Crippen LogP contribution in [0.15, 0.2) is 188 Å². The molecule has 0 unspecified atom stereocenters. The molecule has 0 aliphatic carbocycles. The van der Waals surface area contributed by atoms with Crippen LogP contribution in [0, 0.1) is 0 Å². The van der Waals surface area contributed by atoms with Gasteiger partial charge in [0.1, 0.15) is 0 Å². The zero-order valence-corrected chi connectivity index (χ0v) is 28.1. The zero-order chi connectivity index (χ0) is 33.0. The van der Waals surface area contributed by atoms with E-state index in [2.05, 4.69) is 193 Å². The monoisotopic (exact) mass is 653 g/mol. The first-order valence-electron chi connectivity index (χ1n) is 17.1. The van der Waals surface area contributed by atoms with E-state index in [9.17, 15) is 0 Å². The first kappa shape index (κ1) is 28.8. The van der Waals surface area contributed by atoms with Crippen molar-refractivity contribution in [2.45, 2.75) is 0 Å². The fraction of sp³-hybridized carbons (Fsp3) is 0. The Morgan fingerprint density at radius 3 is 1.84 bits per heavy atom. The first-order chi connectivity index (χ1) is 24.8. The summed E-state index contributed by atoms with van der Waals surface area (Å²) in [5.41, 5.74) is 8.29. The maximum atomic E-state index is 2.47. The highest BCUT2D eigenvalue weighted by Crippen LogP contribution is 2.48. The third-order valence-corrected chi connectivity index (χ3v) is 11.2. The molecule has 50 heavy (non-hydrogen) atoms. The predicted molar refractivity (Wildman–Crippen MR) is 217 cm³/mol. The highest BCUT2D eigenvalue weighted by atomic mass is 32.1. The molecular formula is C48H31NS.